The summed E-state index contributed by atoms with van der Waals surface area (Å²) in [6.07, 6.45) is 0.751. The van der Waals surface area contributed by atoms with Gasteiger partial charge in [-0.1, -0.05) is 13.8 Å². The van der Waals surface area contributed by atoms with Crippen molar-refractivity contribution in [2.24, 2.45) is 5.92 Å². The fourth-order valence-electron chi connectivity index (χ4n) is 2.30. The predicted octanol–water partition coefficient (Wildman–Crippen LogP) is 2.26. The van der Waals surface area contributed by atoms with Crippen LogP contribution in [0, 0.1) is 5.92 Å². The highest BCUT2D eigenvalue weighted by molar-refractivity contribution is 5.68. The van der Waals surface area contributed by atoms with E-state index in [-0.39, 0.29) is 6.09 Å². The normalized spacial score (nSPS) is 21.4. The number of methoxy groups -OCH3 is 1. The van der Waals surface area contributed by atoms with Crippen LogP contribution in [0.5, 0.6) is 0 Å². The van der Waals surface area contributed by atoms with Crippen LogP contribution in [0.1, 0.15) is 41.0 Å². The molecule has 0 bridgehead atoms. The van der Waals surface area contributed by atoms with Gasteiger partial charge in [-0.15, -0.1) is 0 Å². The molecule has 1 heterocycles. The first-order valence-electron chi connectivity index (χ1n) is 7.46. The summed E-state index contributed by atoms with van der Waals surface area (Å²) in [5, 5.41) is 3.59. The average molecular weight is 286 g/mol. The Morgan fingerprint density at radius 3 is 2.55 bits per heavy atom. The Kier molecular flexibility index (Phi) is 6.27. The molecule has 1 saturated heterocycles. The Labute approximate surface area is 123 Å². The number of rotatable bonds is 5. The van der Waals surface area contributed by atoms with Crippen molar-refractivity contribution in [1.82, 2.24) is 10.2 Å². The topological polar surface area (TPSA) is 50.8 Å². The molecular weight excluding hydrogens is 256 g/mol. The standard InChI is InChI=1S/C15H30N2O3/c1-11(2)13(10-19-6)16-12-7-8-17(9-12)14(18)20-15(3,4)5/h11-13,16H,7-10H2,1-6H3. The minimum Gasteiger partial charge on any atom is -0.444 e. The first kappa shape index (κ1) is 17.2. The molecule has 5 heteroatoms. The molecule has 0 spiro atoms. The molecule has 0 saturated carbocycles. The molecule has 1 aliphatic rings. The van der Waals surface area contributed by atoms with Gasteiger partial charge < -0.3 is 19.7 Å². The maximum atomic E-state index is 12.0. The summed E-state index contributed by atoms with van der Waals surface area (Å²) in [7, 11) is 1.72. The van der Waals surface area contributed by atoms with Gasteiger partial charge in [0.15, 0.2) is 0 Å². The molecule has 0 aliphatic carbocycles. The van der Waals surface area contributed by atoms with Gasteiger partial charge >= 0.3 is 6.09 Å². The van der Waals surface area contributed by atoms with Crippen LogP contribution in [0.15, 0.2) is 0 Å². The lowest BCUT2D eigenvalue weighted by atomic mass is 10.0. The molecule has 0 aromatic carbocycles. The maximum absolute atomic E-state index is 12.0. The van der Waals surface area contributed by atoms with E-state index < -0.39 is 5.60 Å². The number of nitrogens with zero attached hydrogens (tertiary/aromatic N) is 1. The third kappa shape index (κ3) is 5.67. The summed E-state index contributed by atoms with van der Waals surface area (Å²) < 4.78 is 10.7. The van der Waals surface area contributed by atoms with Crippen LogP contribution in [-0.4, -0.2) is 55.5 Å². The largest absolute Gasteiger partial charge is 0.444 e. The molecule has 0 aromatic rings. The molecule has 118 valence electrons. The molecule has 1 rings (SSSR count). The second-order valence-electron chi connectivity index (χ2n) is 6.88. The van der Waals surface area contributed by atoms with E-state index in [0.717, 1.165) is 13.0 Å². The zero-order valence-corrected chi connectivity index (χ0v) is 13.7. The summed E-state index contributed by atoms with van der Waals surface area (Å²) in [6.45, 7) is 12.2. The highest BCUT2D eigenvalue weighted by Gasteiger charge is 2.31. The quantitative estimate of drug-likeness (QED) is 0.842. The molecule has 1 aliphatic heterocycles. The SMILES string of the molecule is COCC(NC1CCN(C(=O)OC(C)(C)C)C1)C(C)C. The lowest BCUT2D eigenvalue weighted by molar-refractivity contribution is 0.0289. The lowest BCUT2D eigenvalue weighted by Crippen LogP contribution is -2.46. The van der Waals surface area contributed by atoms with Gasteiger partial charge in [-0.3, -0.25) is 0 Å². The highest BCUT2D eigenvalue weighted by atomic mass is 16.6. The minimum absolute atomic E-state index is 0.213. The van der Waals surface area contributed by atoms with Gasteiger partial charge in [0.1, 0.15) is 5.60 Å². The number of carbonyl (C=O) groups excluding carboxylic acids is 1. The van der Waals surface area contributed by atoms with Crippen molar-refractivity contribution in [3.63, 3.8) is 0 Å². The Hall–Kier alpha value is -0.810. The van der Waals surface area contributed by atoms with Gasteiger partial charge in [0.05, 0.1) is 6.61 Å². The van der Waals surface area contributed by atoms with Crippen LogP contribution in [-0.2, 0) is 9.47 Å². The van der Waals surface area contributed by atoms with Gasteiger partial charge in [-0.2, -0.15) is 0 Å². The van der Waals surface area contributed by atoms with E-state index in [1.165, 1.54) is 0 Å². The average Bonchev–Trinajstić information content (AvgIpc) is 2.74. The fraction of sp³-hybridized carbons (Fsp3) is 0.933. The van der Waals surface area contributed by atoms with Gasteiger partial charge in [0.2, 0.25) is 0 Å². The van der Waals surface area contributed by atoms with E-state index in [1.807, 2.05) is 20.8 Å². The molecule has 0 aromatic heterocycles. The summed E-state index contributed by atoms with van der Waals surface area (Å²) >= 11 is 0. The molecule has 5 nitrogen and oxygen atoms in total. The van der Waals surface area contributed by atoms with Crippen LogP contribution in [0.4, 0.5) is 4.79 Å². The first-order valence-corrected chi connectivity index (χ1v) is 7.46. The van der Waals surface area contributed by atoms with Crippen LogP contribution in [0.3, 0.4) is 0 Å². The van der Waals surface area contributed by atoms with E-state index in [1.54, 1.807) is 12.0 Å². The van der Waals surface area contributed by atoms with Crippen molar-refractivity contribution in [3.8, 4) is 0 Å². The highest BCUT2D eigenvalue weighted by Crippen LogP contribution is 2.16. The summed E-state index contributed by atoms with van der Waals surface area (Å²) in [5.74, 6) is 0.505. The van der Waals surface area contributed by atoms with Crippen molar-refractivity contribution in [2.75, 3.05) is 26.8 Å². The molecule has 2 unspecified atom stereocenters. The van der Waals surface area contributed by atoms with Crippen molar-refractivity contribution < 1.29 is 14.3 Å². The summed E-state index contributed by atoms with van der Waals surface area (Å²) in [5.41, 5.74) is -0.431. The maximum Gasteiger partial charge on any atom is 0.410 e. The third-order valence-corrected chi connectivity index (χ3v) is 3.44. The number of carbonyl (C=O) groups is 1. The van der Waals surface area contributed by atoms with Gasteiger partial charge in [-0.05, 0) is 33.1 Å². The minimum atomic E-state index is -0.431. The fourth-order valence-corrected chi connectivity index (χ4v) is 2.30. The number of nitrogens with one attached hydrogen (secondary N) is 1. The van der Waals surface area contributed by atoms with E-state index in [4.69, 9.17) is 9.47 Å². The second kappa shape index (κ2) is 7.27. The van der Waals surface area contributed by atoms with Crippen LogP contribution in [0.25, 0.3) is 0 Å². The molecule has 1 fully saturated rings. The van der Waals surface area contributed by atoms with Crippen molar-refractivity contribution in [2.45, 2.75) is 58.7 Å². The number of amides is 1. The monoisotopic (exact) mass is 286 g/mol. The Bertz CT molecular complexity index is 313. The molecular formula is C15H30N2O3. The lowest BCUT2D eigenvalue weighted by Gasteiger charge is -2.27. The Balaban J connectivity index is 2.44. The smallest absolute Gasteiger partial charge is 0.410 e. The zero-order valence-electron chi connectivity index (χ0n) is 13.7. The van der Waals surface area contributed by atoms with Crippen LogP contribution < -0.4 is 5.32 Å². The molecule has 0 radical (unpaired) electrons. The van der Waals surface area contributed by atoms with Gasteiger partial charge in [-0.25, -0.2) is 4.79 Å². The number of ether oxygens (including phenoxy) is 2. The molecule has 2 atom stereocenters. The summed E-state index contributed by atoms with van der Waals surface area (Å²) in [4.78, 5) is 13.8. The Morgan fingerprint density at radius 2 is 2.05 bits per heavy atom. The van der Waals surface area contributed by atoms with E-state index >= 15 is 0 Å². The number of hydrogen-bond acceptors (Lipinski definition) is 4. The van der Waals surface area contributed by atoms with E-state index in [9.17, 15) is 4.79 Å². The number of hydrogen-bond donors (Lipinski definition) is 1. The molecule has 20 heavy (non-hydrogen) atoms. The van der Waals surface area contributed by atoms with E-state index in [2.05, 4.69) is 19.2 Å². The van der Waals surface area contributed by atoms with Crippen molar-refractivity contribution in [1.29, 1.82) is 0 Å². The van der Waals surface area contributed by atoms with Gasteiger partial charge in [0, 0.05) is 32.3 Å². The second-order valence-corrected chi connectivity index (χ2v) is 6.88. The van der Waals surface area contributed by atoms with E-state index in [0.29, 0.717) is 31.2 Å². The van der Waals surface area contributed by atoms with Crippen LogP contribution >= 0.6 is 0 Å². The Morgan fingerprint density at radius 1 is 1.40 bits per heavy atom. The molecule has 1 amide bonds. The van der Waals surface area contributed by atoms with Crippen molar-refractivity contribution in [3.05, 3.63) is 0 Å². The summed E-state index contributed by atoms with van der Waals surface area (Å²) in [6, 6.07) is 0.647. The molecule has 1 N–H and O–H groups in total. The van der Waals surface area contributed by atoms with Gasteiger partial charge in [0.25, 0.3) is 0 Å². The zero-order chi connectivity index (χ0) is 15.3. The number of likely N-dealkylation sites (tertiary alicyclic amines) is 1. The van der Waals surface area contributed by atoms with Crippen LogP contribution in [0.2, 0.25) is 0 Å². The first-order chi connectivity index (χ1) is 9.23. The van der Waals surface area contributed by atoms with Crippen molar-refractivity contribution >= 4 is 6.09 Å². The predicted molar refractivity (Wildman–Crippen MR) is 79.8 cm³/mol. The third-order valence-electron chi connectivity index (χ3n) is 3.44.